The van der Waals surface area contributed by atoms with Gasteiger partial charge < -0.3 is 4.90 Å². The summed E-state index contributed by atoms with van der Waals surface area (Å²) in [7, 11) is 0. The van der Waals surface area contributed by atoms with E-state index in [9.17, 15) is 4.79 Å². The lowest BCUT2D eigenvalue weighted by Gasteiger charge is -2.18. The third kappa shape index (κ3) is 3.52. The second-order valence-corrected chi connectivity index (χ2v) is 5.23. The number of aromatic nitrogens is 2. The zero-order valence-corrected chi connectivity index (χ0v) is 12.2. The molecule has 0 saturated carbocycles. The van der Waals surface area contributed by atoms with E-state index in [2.05, 4.69) is 23.8 Å². The van der Waals surface area contributed by atoms with Gasteiger partial charge in [-0.25, -0.2) is 4.68 Å². The van der Waals surface area contributed by atoms with Gasteiger partial charge in [-0.05, 0) is 30.6 Å². The number of nitrogens with zero attached hydrogens (tertiary/aromatic N) is 3. The van der Waals surface area contributed by atoms with Gasteiger partial charge in [-0.3, -0.25) is 4.79 Å². The molecular weight excluding hydrogens is 258 g/mol. The Hall–Kier alpha value is -1.46. The van der Waals surface area contributed by atoms with Crippen LogP contribution in [-0.4, -0.2) is 34.3 Å². The van der Waals surface area contributed by atoms with E-state index in [4.69, 9.17) is 0 Å². The van der Waals surface area contributed by atoms with Crippen LogP contribution in [0.25, 0.3) is 10.6 Å². The summed E-state index contributed by atoms with van der Waals surface area (Å²) < 4.78 is 1.56. The SMILES string of the molecule is CCN(CC)CCn1nc(-c2cccs2)ccc1=O. The molecule has 5 heteroatoms. The summed E-state index contributed by atoms with van der Waals surface area (Å²) in [6.07, 6.45) is 0. The molecule has 0 N–H and O–H groups in total. The van der Waals surface area contributed by atoms with Crippen LogP contribution in [0.4, 0.5) is 0 Å². The smallest absolute Gasteiger partial charge is 0.266 e. The molecule has 0 bridgehead atoms. The minimum absolute atomic E-state index is 0.0348. The van der Waals surface area contributed by atoms with Crippen LogP contribution in [-0.2, 0) is 6.54 Å². The summed E-state index contributed by atoms with van der Waals surface area (Å²) in [6, 6.07) is 7.41. The molecule has 0 atom stereocenters. The maximum atomic E-state index is 11.8. The van der Waals surface area contributed by atoms with Crippen molar-refractivity contribution in [1.29, 1.82) is 0 Å². The Morgan fingerprint density at radius 1 is 1.26 bits per heavy atom. The van der Waals surface area contributed by atoms with E-state index in [1.54, 1.807) is 28.2 Å². The standard InChI is InChI=1S/C14H19N3OS/c1-3-16(4-2)9-10-17-14(18)8-7-12(15-17)13-6-5-11-19-13/h5-8,11H,3-4,9-10H2,1-2H3. The Morgan fingerprint density at radius 2 is 2.05 bits per heavy atom. The largest absolute Gasteiger partial charge is 0.302 e. The van der Waals surface area contributed by atoms with Crippen LogP contribution >= 0.6 is 11.3 Å². The number of hydrogen-bond donors (Lipinski definition) is 0. The number of hydrogen-bond acceptors (Lipinski definition) is 4. The summed E-state index contributed by atoms with van der Waals surface area (Å²) in [6.45, 7) is 7.74. The molecule has 0 aliphatic carbocycles. The summed E-state index contributed by atoms with van der Waals surface area (Å²) >= 11 is 1.64. The fraction of sp³-hybridized carbons (Fsp3) is 0.429. The van der Waals surface area contributed by atoms with Crippen molar-refractivity contribution < 1.29 is 0 Å². The second kappa shape index (κ2) is 6.63. The molecule has 0 aliphatic rings. The van der Waals surface area contributed by atoms with Gasteiger partial charge in [0, 0.05) is 12.6 Å². The molecule has 2 heterocycles. The zero-order chi connectivity index (χ0) is 13.7. The van der Waals surface area contributed by atoms with Crippen molar-refractivity contribution in [3.63, 3.8) is 0 Å². The monoisotopic (exact) mass is 277 g/mol. The predicted molar refractivity (Wildman–Crippen MR) is 79.6 cm³/mol. The van der Waals surface area contributed by atoms with Crippen LogP contribution in [0.5, 0.6) is 0 Å². The van der Waals surface area contributed by atoms with Gasteiger partial charge in [0.05, 0.1) is 11.4 Å². The highest BCUT2D eigenvalue weighted by atomic mass is 32.1. The highest BCUT2D eigenvalue weighted by Crippen LogP contribution is 2.20. The highest BCUT2D eigenvalue weighted by Gasteiger charge is 2.05. The van der Waals surface area contributed by atoms with Crippen molar-refractivity contribution in [3.05, 3.63) is 40.0 Å². The summed E-state index contributed by atoms with van der Waals surface area (Å²) in [5, 5.41) is 6.46. The molecule has 0 aliphatic heterocycles. The van der Waals surface area contributed by atoms with E-state index in [1.807, 2.05) is 17.5 Å². The van der Waals surface area contributed by atoms with Gasteiger partial charge in [-0.15, -0.1) is 11.3 Å². The van der Waals surface area contributed by atoms with Gasteiger partial charge in [0.15, 0.2) is 0 Å². The molecule has 0 fully saturated rings. The first kappa shape index (κ1) is 14.0. The molecule has 4 nitrogen and oxygen atoms in total. The average molecular weight is 277 g/mol. The van der Waals surface area contributed by atoms with E-state index in [0.717, 1.165) is 30.2 Å². The van der Waals surface area contributed by atoms with Crippen LogP contribution in [0.3, 0.4) is 0 Å². The van der Waals surface area contributed by atoms with E-state index >= 15 is 0 Å². The third-order valence-corrected chi connectivity index (χ3v) is 4.06. The molecule has 102 valence electrons. The maximum absolute atomic E-state index is 11.8. The van der Waals surface area contributed by atoms with Crippen LogP contribution in [0.1, 0.15) is 13.8 Å². The van der Waals surface area contributed by atoms with Gasteiger partial charge in [-0.1, -0.05) is 19.9 Å². The van der Waals surface area contributed by atoms with Gasteiger partial charge in [0.1, 0.15) is 5.69 Å². The lowest BCUT2D eigenvalue weighted by Crippen LogP contribution is -2.31. The molecule has 2 aromatic rings. The Labute approximate surface area is 117 Å². The fourth-order valence-corrected chi connectivity index (χ4v) is 2.63. The summed E-state index contributed by atoms with van der Waals surface area (Å²) in [4.78, 5) is 15.2. The first-order valence-corrected chi connectivity index (χ1v) is 7.47. The van der Waals surface area contributed by atoms with Crippen LogP contribution in [0.15, 0.2) is 34.4 Å². The first-order valence-electron chi connectivity index (χ1n) is 6.59. The Bertz CT molecular complexity index is 558. The minimum atomic E-state index is -0.0348. The van der Waals surface area contributed by atoms with Crippen molar-refractivity contribution in [2.45, 2.75) is 20.4 Å². The van der Waals surface area contributed by atoms with E-state index < -0.39 is 0 Å². The topological polar surface area (TPSA) is 38.1 Å². The summed E-state index contributed by atoms with van der Waals surface area (Å²) in [5.74, 6) is 0. The quantitative estimate of drug-likeness (QED) is 0.813. The molecule has 2 aromatic heterocycles. The third-order valence-electron chi connectivity index (χ3n) is 3.16. The van der Waals surface area contributed by atoms with Gasteiger partial charge in [0.25, 0.3) is 5.56 Å². The molecule has 0 aromatic carbocycles. The van der Waals surface area contributed by atoms with Crippen molar-refractivity contribution in [1.82, 2.24) is 14.7 Å². The van der Waals surface area contributed by atoms with Crippen LogP contribution in [0, 0.1) is 0 Å². The fourth-order valence-electron chi connectivity index (χ4n) is 1.94. The lowest BCUT2D eigenvalue weighted by atomic mass is 10.3. The van der Waals surface area contributed by atoms with Crippen LogP contribution in [0.2, 0.25) is 0 Å². The van der Waals surface area contributed by atoms with Gasteiger partial charge >= 0.3 is 0 Å². The Morgan fingerprint density at radius 3 is 2.68 bits per heavy atom. The Kier molecular flexibility index (Phi) is 4.87. The van der Waals surface area contributed by atoms with Crippen molar-refractivity contribution in [2.75, 3.05) is 19.6 Å². The maximum Gasteiger partial charge on any atom is 0.266 e. The first-order chi connectivity index (χ1) is 9.24. The molecule has 0 radical (unpaired) electrons. The summed E-state index contributed by atoms with van der Waals surface area (Å²) in [5.41, 5.74) is 0.835. The van der Waals surface area contributed by atoms with Crippen molar-refractivity contribution in [3.8, 4) is 10.6 Å². The molecule has 2 rings (SSSR count). The van der Waals surface area contributed by atoms with E-state index in [1.165, 1.54) is 0 Å². The molecular formula is C14H19N3OS. The lowest BCUT2D eigenvalue weighted by molar-refractivity contribution is 0.283. The molecule has 0 saturated heterocycles. The molecule has 0 amide bonds. The van der Waals surface area contributed by atoms with E-state index in [-0.39, 0.29) is 5.56 Å². The second-order valence-electron chi connectivity index (χ2n) is 4.28. The highest BCUT2D eigenvalue weighted by molar-refractivity contribution is 7.13. The molecule has 0 spiro atoms. The number of rotatable bonds is 6. The normalized spacial score (nSPS) is 11.1. The van der Waals surface area contributed by atoms with Crippen molar-refractivity contribution >= 4 is 11.3 Å². The number of likely N-dealkylation sites (N-methyl/N-ethyl adjacent to an activating group) is 1. The zero-order valence-electron chi connectivity index (χ0n) is 11.4. The molecule has 19 heavy (non-hydrogen) atoms. The van der Waals surface area contributed by atoms with Crippen LogP contribution < -0.4 is 5.56 Å². The minimum Gasteiger partial charge on any atom is -0.302 e. The van der Waals surface area contributed by atoms with Gasteiger partial charge in [0.2, 0.25) is 0 Å². The predicted octanol–water partition coefficient (Wildman–Crippen LogP) is 2.31. The Balaban J connectivity index is 2.16. The number of thiophene rings is 1. The average Bonchev–Trinajstić information content (AvgIpc) is 2.96. The van der Waals surface area contributed by atoms with Gasteiger partial charge in [-0.2, -0.15) is 5.10 Å². The van der Waals surface area contributed by atoms with Crippen molar-refractivity contribution in [2.24, 2.45) is 0 Å². The molecule has 0 unspecified atom stereocenters. The van der Waals surface area contributed by atoms with E-state index in [0.29, 0.717) is 6.54 Å².